The Morgan fingerprint density at radius 1 is 1.57 bits per heavy atom. The van der Waals surface area contributed by atoms with Gasteiger partial charge in [-0.05, 0) is 13.8 Å². The first-order valence-electron chi connectivity index (χ1n) is 1.99. The monoisotopic (exact) mass is 117 g/mol. The molecule has 0 radical (unpaired) electrons. The lowest BCUT2D eigenvalue weighted by Gasteiger charge is -1.83. The summed E-state index contributed by atoms with van der Waals surface area (Å²) in [6.45, 7) is 7.04. The van der Waals surface area contributed by atoms with Gasteiger partial charge in [0.1, 0.15) is 5.17 Å². The molecule has 0 aromatic heterocycles. The Morgan fingerprint density at radius 2 is 2.00 bits per heavy atom. The van der Waals surface area contributed by atoms with E-state index in [-0.39, 0.29) is 0 Å². The molecule has 0 saturated heterocycles. The summed E-state index contributed by atoms with van der Waals surface area (Å²) >= 11 is 5.36. The minimum Gasteiger partial charge on any atom is -0.247 e. The average molecular weight is 118 g/mol. The molecule has 7 heavy (non-hydrogen) atoms. The minimum absolute atomic E-state index is 0.535. The molecule has 0 fully saturated rings. The highest BCUT2D eigenvalue weighted by atomic mass is 35.5. The molecule has 0 bridgehead atoms. The summed E-state index contributed by atoms with van der Waals surface area (Å²) in [4.78, 5) is 3.77. The smallest absolute Gasteiger partial charge is 0.103 e. The molecule has 0 N–H and O–H groups in total. The second kappa shape index (κ2) is 2.80. The Bertz CT molecular complexity index is 101. The molecule has 0 aliphatic rings. The standard InChI is InChI=1S/C5H8ClN/c1-4(2)7-5(3)6/h1H2,2-3H3. The number of hydrogen-bond donors (Lipinski definition) is 0. The van der Waals surface area contributed by atoms with Crippen molar-refractivity contribution in [2.45, 2.75) is 13.8 Å². The van der Waals surface area contributed by atoms with Crippen LogP contribution < -0.4 is 0 Å². The van der Waals surface area contributed by atoms with Gasteiger partial charge in [-0.1, -0.05) is 18.2 Å². The first kappa shape index (κ1) is 6.70. The van der Waals surface area contributed by atoms with E-state index in [4.69, 9.17) is 11.6 Å². The van der Waals surface area contributed by atoms with Gasteiger partial charge in [0, 0.05) is 5.70 Å². The van der Waals surface area contributed by atoms with Crippen molar-refractivity contribution in [2.24, 2.45) is 4.99 Å². The lowest BCUT2D eigenvalue weighted by atomic mass is 10.6. The van der Waals surface area contributed by atoms with Crippen LogP contribution in [0, 0.1) is 0 Å². The summed E-state index contributed by atoms with van der Waals surface area (Å²) in [7, 11) is 0. The average Bonchev–Trinajstić information content (AvgIpc) is 1.27. The summed E-state index contributed by atoms with van der Waals surface area (Å²) in [6.07, 6.45) is 0. The van der Waals surface area contributed by atoms with Gasteiger partial charge >= 0.3 is 0 Å². The fourth-order valence-electron chi connectivity index (χ4n) is 0.263. The second-order valence-corrected chi connectivity index (χ2v) is 1.89. The van der Waals surface area contributed by atoms with Crippen LogP contribution in [-0.2, 0) is 0 Å². The van der Waals surface area contributed by atoms with E-state index in [1.165, 1.54) is 0 Å². The Kier molecular flexibility index (Phi) is 2.68. The van der Waals surface area contributed by atoms with Gasteiger partial charge in [0.15, 0.2) is 0 Å². The molecule has 0 aliphatic heterocycles. The topological polar surface area (TPSA) is 12.4 Å². The van der Waals surface area contributed by atoms with E-state index < -0.39 is 0 Å². The largest absolute Gasteiger partial charge is 0.247 e. The maximum atomic E-state index is 5.36. The van der Waals surface area contributed by atoms with Gasteiger partial charge in [-0.3, -0.25) is 0 Å². The predicted octanol–water partition coefficient (Wildman–Crippen LogP) is 2.18. The molecule has 1 nitrogen and oxygen atoms in total. The lowest BCUT2D eigenvalue weighted by Crippen LogP contribution is -1.73. The Balaban J connectivity index is 3.68. The number of nitrogens with zero attached hydrogens (tertiary/aromatic N) is 1. The quantitative estimate of drug-likeness (QED) is 0.467. The van der Waals surface area contributed by atoms with E-state index in [1.807, 2.05) is 0 Å². The summed E-state index contributed by atoms with van der Waals surface area (Å²) in [5.74, 6) is 0. The molecule has 0 aromatic rings. The zero-order chi connectivity index (χ0) is 5.86. The van der Waals surface area contributed by atoms with Crippen LogP contribution in [0.1, 0.15) is 13.8 Å². The van der Waals surface area contributed by atoms with Gasteiger partial charge in [0.05, 0.1) is 0 Å². The molecule has 0 spiro atoms. The zero-order valence-electron chi connectivity index (χ0n) is 4.53. The first-order valence-corrected chi connectivity index (χ1v) is 2.37. The molecule has 0 aromatic carbocycles. The summed E-state index contributed by atoms with van der Waals surface area (Å²) < 4.78 is 0. The lowest BCUT2D eigenvalue weighted by molar-refractivity contribution is 1.33. The summed E-state index contributed by atoms with van der Waals surface area (Å²) in [5.41, 5.74) is 0.743. The van der Waals surface area contributed by atoms with Gasteiger partial charge in [0.2, 0.25) is 0 Å². The van der Waals surface area contributed by atoms with Crippen molar-refractivity contribution < 1.29 is 0 Å². The van der Waals surface area contributed by atoms with Crippen LogP contribution in [0.4, 0.5) is 0 Å². The third-order valence-corrected chi connectivity index (χ3v) is 0.429. The van der Waals surface area contributed by atoms with E-state index >= 15 is 0 Å². The summed E-state index contributed by atoms with van der Waals surface area (Å²) in [6, 6.07) is 0. The molecular weight excluding hydrogens is 110 g/mol. The summed E-state index contributed by atoms with van der Waals surface area (Å²) in [5, 5.41) is 0.535. The highest BCUT2D eigenvalue weighted by Gasteiger charge is 1.77. The van der Waals surface area contributed by atoms with E-state index in [0.29, 0.717) is 5.17 Å². The predicted molar refractivity (Wildman–Crippen MR) is 33.8 cm³/mol. The molecule has 0 rings (SSSR count). The van der Waals surface area contributed by atoms with Crippen LogP contribution >= 0.6 is 11.6 Å². The Hall–Kier alpha value is -0.300. The van der Waals surface area contributed by atoms with Crippen LogP contribution in [0.2, 0.25) is 0 Å². The van der Waals surface area contributed by atoms with E-state index in [2.05, 4.69) is 11.6 Å². The van der Waals surface area contributed by atoms with Crippen molar-refractivity contribution in [1.29, 1.82) is 0 Å². The van der Waals surface area contributed by atoms with Gasteiger partial charge in [-0.25, -0.2) is 4.99 Å². The highest BCUT2D eigenvalue weighted by Crippen LogP contribution is 1.91. The molecule has 2 heteroatoms. The number of allylic oxidation sites excluding steroid dienone is 1. The van der Waals surface area contributed by atoms with Crippen LogP contribution in [0.5, 0.6) is 0 Å². The number of hydrogen-bond acceptors (Lipinski definition) is 1. The van der Waals surface area contributed by atoms with E-state index in [9.17, 15) is 0 Å². The SMILES string of the molecule is C=C(C)N=C(C)Cl. The van der Waals surface area contributed by atoms with Crippen molar-refractivity contribution in [1.82, 2.24) is 0 Å². The fourth-order valence-corrected chi connectivity index (χ4v) is 0.407. The van der Waals surface area contributed by atoms with Gasteiger partial charge in [0.25, 0.3) is 0 Å². The molecule has 0 atom stereocenters. The highest BCUT2D eigenvalue weighted by molar-refractivity contribution is 6.64. The molecule has 0 heterocycles. The number of rotatable bonds is 1. The van der Waals surface area contributed by atoms with Crippen molar-refractivity contribution >= 4 is 16.8 Å². The number of halogens is 1. The Labute approximate surface area is 48.7 Å². The molecule has 0 amide bonds. The van der Waals surface area contributed by atoms with Crippen LogP contribution in [0.25, 0.3) is 0 Å². The third kappa shape index (κ3) is 5.70. The van der Waals surface area contributed by atoms with Crippen molar-refractivity contribution in [2.75, 3.05) is 0 Å². The van der Waals surface area contributed by atoms with Gasteiger partial charge in [-0.15, -0.1) is 0 Å². The van der Waals surface area contributed by atoms with Crippen LogP contribution in [-0.4, -0.2) is 5.17 Å². The van der Waals surface area contributed by atoms with Crippen molar-refractivity contribution in [3.05, 3.63) is 12.3 Å². The fraction of sp³-hybridized carbons (Fsp3) is 0.400. The van der Waals surface area contributed by atoms with E-state index in [1.54, 1.807) is 13.8 Å². The van der Waals surface area contributed by atoms with E-state index in [0.717, 1.165) is 5.70 Å². The Morgan fingerprint density at radius 3 is 2.00 bits per heavy atom. The van der Waals surface area contributed by atoms with Gasteiger partial charge in [-0.2, -0.15) is 0 Å². The normalized spacial score (nSPS) is 11.6. The van der Waals surface area contributed by atoms with Crippen LogP contribution in [0.3, 0.4) is 0 Å². The minimum atomic E-state index is 0.535. The first-order chi connectivity index (χ1) is 3.13. The van der Waals surface area contributed by atoms with Crippen molar-refractivity contribution in [3.63, 3.8) is 0 Å². The maximum absolute atomic E-state index is 5.36. The number of aliphatic imine (C=N–C) groups is 1. The second-order valence-electron chi connectivity index (χ2n) is 1.34. The molecule has 0 unspecified atom stereocenters. The zero-order valence-corrected chi connectivity index (χ0v) is 5.29. The molecule has 40 valence electrons. The van der Waals surface area contributed by atoms with Crippen LogP contribution in [0.15, 0.2) is 17.3 Å². The molecule has 0 saturated carbocycles. The third-order valence-electron chi connectivity index (χ3n) is 0.345. The molecule has 0 aliphatic carbocycles. The molecular formula is C5H8ClN. The van der Waals surface area contributed by atoms with Gasteiger partial charge < -0.3 is 0 Å². The maximum Gasteiger partial charge on any atom is 0.103 e. The van der Waals surface area contributed by atoms with Crippen molar-refractivity contribution in [3.8, 4) is 0 Å².